The summed E-state index contributed by atoms with van der Waals surface area (Å²) in [4.78, 5) is 14.7. The second-order valence-electron chi connectivity index (χ2n) is 7.68. The van der Waals surface area contributed by atoms with Gasteiger partial charge in [0.2, 0.25) is 0 Å². The Labute approximate surface area is 145 Å². The van der Waals surface area contributed by atoms with E-state index in [9.17, 15) is 4.79 Å². The van der Waals surface area contributed by atoms with E-state index in [4.69, 9.17) is 0 Å². The fraction of sp³-hybridized carbons (Fsp3) is 0.778. The molecule has 134 valence electrons. The average molecular weight is 333 g/mol. The third kappa shape index (κ3) is 4.29. The Morgan fingerprint density at radius 2 is 2.08 bits per heavy atom. The third-order valence-electron chi connectivity index (χ3n) is 5.37. The Morgan fingerprint density at radius 1 is 1.33 bits per heavy atom. The number of carbonyl (C=O) groups is 1. The van der Waals surface area contributed by atoms with Crippen LogP contribution in [0.2, 0.25) is 0 Å². The molecule has 1 aliphatic heterocycles. The van der Waals surface area contributed by atoms with E-state index in [1.54, 1.807) is 0 Å². The summed E-state index contributed by atoms with van der Waals surface area (Å²) >= 11 is 0. The molecule has 2 heterocycles. The number of nitrogens with one attached hydrogen (secondary N) is 2. The van der Waals surface area contributed by atoms with Gasteiger partial charge in [-0.15, -0.1) is 0 Å². The predicted molar refractivity (Wildman–Crippen MR) is 95.1 cm³/mol. The van der Waals surface area contributed by atoms with E-state index in [2.05, 4.69) is 34.5 Å². The van der Waals surface area contributed by atoms with Gasteiger partial charge in [0.05, 0.1) is 5.69 Å². The normalized spacial score (nSPS) is 22.6. The number of carbonyl (C=O) groups excluding carboxylic acids is 1. The Morgan fingerprint density at radius 3 is 2.71 bits per heavy atom. The van der Waals surface area contributed by atoms with Crippen molar-refractivity contribution in [3.05, 3.63) is 17.0 Å². The maximum Gasteiger partial charge on any atom is 0.315 e. The minimum Gasteiger partial charge on any atom is -0.335 e. The van der Waals surface area contributed by atoms with E-state index in [1.165, 1.54) is 30.6 Å². The molecule has 1 aliphatic carbocycles. The Bertz CT molecular complexity index is 592. The van der Waals surface area contributed by atoms with Gasteiger partial charge in [0.25, 0.3) is 0 Å². The average Bonchev–Trinajstić information content (AvgIpc) is 3.16. The molecule has 2 N–H and O–H groups in total. The van der Waals surface area contributed by atoms with Gasteiger partial charge in [-0.05, 0) is 57.9 Å². The van der Waals surface area contributed by atoms with Crippen molar-refractivity contribution in [1.29, 1.82) is 0 Å². The molecule has 0 aromatic carbocycles. The van der Waals surface area contributed by atoms with Crippen LogP contribution in [-0.4, -0.2) is 52.4 Å². The first-order valence-electron chi connectivity index (χ1n) is 9.20. The molecular weight excluding hydrogens is 302 g/mol. The van der Waals surface area contributed by atoms with Crippen molar-refractivity contribution in [1.82, 2.24) is 25.3 Å². The quantitative estimate of drug-likeness (QED) is 0.834. The molecule has 1 saturated carbocycles. The first-order valence-corrected chi connectivity index (χ1v) is 9.20. The highest BCUT2D eigenvalue weighted by atomic mass is 16.2. The number of urea groups is 1. The lowest BCUT2D eigenvalue weighted by molar-refractivity contribution is 0.233. The monoisotopic (exact) mass is 333 g/mol. The zero-order valence-corrected chi connectivity index (χ0v) is 15.4. The summed E-state index contributed by atoms with van der Waals surface area (Å²) < 4.78 is 1.91. The zero-order chi connectivity index (χ0) is 17.3. The molecule has 0 radical (unpaired) electrons. The minimum absolute atomic E-state index is 0.0417. The summed E-state index contributed by atoms with van der Waals surface area (Å²) in [6.07, 6.45) is 4.66. The van der Waals surface area contributed by atoms with Gasteiger partial charge in [-0.1, -0.05) is 0 Å². The predicted octanol–water partition coefficient (Wildman–Crippen LogP) is 1.75. The highest BCUT2D eigenvalue weighted by molar-refractivity contribution is 5.74. The van der Waals surface area contributed by atoms with Crippen LogP contribution in [0.1, 0.15) is 43.1 Å². The van der Waals surface area contributed by atoms with Crippen LogP contribution in [0.5, 0.6) is 0 Å². The van der Waals surface area contributed by atoms with Crippen LogP contribution in [0.15, 0.2) is 0 Å². The van der Waals surface area contributed by atoms with Crippen molar-refractivity contribution in [3.8, 4) is 0 Å². The number of amides is 2. The number of nitrogens with zero attached hydrogens (tertiary/aromatic N) is 3. The largest absolute Gasteiger partial charge is 0.335 e. The SMILES string of the molecule is Cc1nn(C)c(C)c1C[C@@H](C)NC(=O)N[C@H]1CCN(CC2CC2)C1. The Kier molecular flexibility index (Phi) is 5.13. The van der Waals surface area contributed by atoms with E-state index in [0.29, 0.717) is 0 Å². The summed E-state index contributed by atoms with van der Waals surface area (Å²) in [6, 6.07) is 0.341. The van der Waals surface area contributed by atoms with Crippen LogP contribution >= 0.6 is 0 Å². The van der Waals surface area contributed by atoms with Gasteiger partial charge in [0.1, 0.15) is 0 Å². The zero-order valence-electron chi connectivity index (χ0n) is 15.4. The molecule has 24 heavy (non-hydrogen) atoms. The van der Waals surface area contributed by atoms with Crippen LogP contribution in [0.25, 0.3) is 0 Å². The summed E-state index contributed by atoms with van der Waals surface area (Å²) in [5.41, 5.74) is 3.46. The van der Waals surface area contributed by atoms with Crippen molar-refractivity contribution in [3.63, 3.8) is 0 Å². The van der Waals surface area contributed by atoms with E-state index >= 15 is 0 Å². The van der Waals surface area contributed by atoms with Crippen LogP contribution < -0.4 is 10.6 Å². The van der Waals surface area contributed by atoms with Crippen LogP contribution in [0, 0.1) is 19.8 Å². The summed E-state index contributed by atoms with van der Waals surface area (Å²) in [6.45, 7) is 9.50. The fourth-order valence-corrected chi connectivity index (χ4v) is 3.70. The molecule has 6 nitrogen and oxygen atoms in total. The minimum atomic E-state index is -0.0417. The van der Waals surface area contributed by atoms with Gasteiger partial charge in [-0.25, -0.2) is 4.79 Å². The van der Waals surface area contributed by atoms with Crippen LogP contribution in [0.3, 0.4) is 0 Å². The molecule has 1 saturated heterocycles. The number of likely N-dealkylation sites (tertiary alicyclic amines) is 1. The highest BCUT2D eigenvalue weighted by Gasteiger charge is 2.29. The van der Waals surface area contributed by atoms with Crippen molar-refractivity contribution >= 4 is 6.03 Å². The van der Waals surface area contributed by atoms with E-state index in [-0.39, 0.29) is 18.1 Å². The smallest absolute Gasteiger partial charge is 0.315 e. The molecule has 1 aromatic heterocycles. The number of aryl methyl sites for hydroxylation is 2. The van der Waals surface area contributed by atoms with Crippen molar-refractivity contribution in [2.75, 3.05) is 19.6 Å². The number of hydrogen-bond donors (Lipinski definition) is 2. The van der Waals surface area contributed by atoms with Crippen molar-refractivity contribution < 1.29 is 4.79 Å². The van der Waals surface area contributed by atoms with Gasteiger partial charge in [0.15, 0.2) is 0 Å². The van der Waals surface area contributed by atoms with Crippen molar-refractivity contribution in [2.24, 2.45) is 13.0 Å². The molecule has 2 aliphatic rings. The van der Waals surface area contributed by atoms with Crippen LogP contribution in [0.4, 0.5) is 4.79 Å². The molecule has 6 heteroatoms. The van der Waals surface area contributed by atoms with Gasteiger partial charge < -0.3 is 15.5 Å². The number of hydrogen-bond acceptors (Lipinski definition) is 3. The summed E-state index contributed by atoms with van der Waals surface area (Å²) in [5.74, 6) is 0.920. The maximum atomic E-state index is 12.3. The lowest BCUT2D eigenvalue weighted by Crippen LogP contribution is -2.47. The van der Waals surface area contributed by atoms with Crippen molar-refractivity contribution in [2.45, 2.75) is 58.5 Å². The van der Waals surface area contributed by atoms with Crippen LogP contribution in [-0.2, 0) is 13.5 Å². The fourth-order valence-electron chi connectivity index (χ4n) is 3.70. The Hall–Kier alpha value is -1.56. The Balaban J connectivity index is 1.42. The van der Waals surface area contributed by atoms with Gasteiger partial charge in [-0.2, -0.15) is 5.10 Å². The van der Waals surface area contributed by atoms with E-state index in [1.807, 2.05) is 18.7 Å². The first-order chi connectivity index (χ1) is 11.4. The second-order valence-corrected chi connectivity index (χ2v) is 7.68. The van der Waals surface area contributed by atoms with Gasteiger partial charge >= 0.3 is 6.03 Å². The molecule has 0 bridgehead atoms. The molecule has 2 fully saturated rings. The molecule has 3 rings (SSSR count). The lowest BCUT2D eigenvalue weighted by Gasteiger charge is -2.19. The number of rotatable bonds is 6. The first kappa shape index (κ1) is 17.3. The second kappa shape index (κ2) is 7.13. The van der Waals surface area contributed by atoms with Gasteiger partial charge in [0, 0.05) is 44.5 Å². The molecule has 1 aromatic rings. The van der Waals surface area contributed by atoms with E-state index in [0.717, 1.165) is 37.5 Å². The lowest BCUT2D eigenvalue weighted by atomic mass is 10.1. The summed E-state index contributed by atoms with van der Waals surface area (Å²) in [7, 11) is 1.96. The molecule has 0 spiro atoms. The number of aromatic nitrogens is 2. The maximum absolute atomic E-state index is 12.3. The molecule has 2 amide bonds. The summed E-state index contributed by atoms with van der Waals surface area (Å²) in [5, 5.41) is 10.7. The van der Waals surface area contributed by atoms with E-state index < -0.39 is 0 Å². The molecular formula is C18H31N5O. The third-order valence-corrected chi connectivity index (χ3v) is 5.37. The molecule has 0 unspecified atom stereocenters. The highest BCUT2D eigenvalue weighted by Crippen LogP contribution is 2.30. The standard InChI is InChI=1S/C18H31N5O/c1-12(9-17-13(2)21-22(4)14(17)3)19-18(24)20-16-7-8-23(11-16)10-15-5-6-15/h12,15-16H,5-11H2,1-4H3,(H2,19,20,24)/t12-,16+/m1/s1. The molecule has 2 atom stereocenters. The van der Waals surface area contributed by atoms with Gasteiger partial charge in [-0.3, -0.25) is 4.68 Å². The topological polar surface area (TPSA) is 62.2 Å².